The summed E-state index contributed by atoms with van der Waals surface area (Å²) in [6, 6.07) is 5.65. The van der Waals surface area contributed by atoms with Crippen LogP contribution in [-0.2, 0) is 4.79 Å². The summed E-state index contributed by atoms with van der Waals surface area (Å²) in [6.45, 7) is 2.39. The number of aromatic nitrogens is 1. The fraction of sp³-hybridized carbons (Fsp3) is 0.538. The van der Waals surface area contributed by atoms with Gasteiger partial charge in [-0.3, -0.25) is 9.78 Å². The number of hydrogen-bond acceptors (Lipinski definition) is 3. The first kappa shape index (κ1) is 12.0. The van der Waals surface area contributed by atoms with Crippen LogP contribution in [0.3, 0.4) is 0 Å². The molecule has 1 aliphatic rings. The first-order chi connectivity index (χ1) is 8.18. The van der Waals surface area contributed by atoms with Crippen LogP contribution in [0.5, 0.6) is 0 Å². The van der Waals surface area contributed by atoms with Crippen LogP contribution in [0, 0.1) is 5.41 Å². The number of hydrogen-bond donors (Lipinski definition) is 2. The van der Waals surface area contributed by atoms with Gasteiger partial charge in [-0.25, -0.2) is 0 Å². The van der Waals surface area contributed by atoms with E-state index in [1.54, 1.807) is 6.20 Å². The van der Waals surface area contributed by atoms with Crippen LogP contribution in [0.2, 0.25) is 0 Å². The van der Waals surface area contributed by atoms with E-state index in [-0.39, 0.29) is 17.4 Å². The van der Waals surface area contributed by atoms with E-state index in [1.807, 2.05) is 25.1 Å². The van der Waals surface area contributed by atoms with E-state index in [0.717, 1.165) is 25.0 Å². The summed E-state index contributed by atoms with van der Waals surface area (Å²) < 4.78 is 0. The number of nitrogens with zero attached hydrogens (tertiary/aromatic N) is 1. The Hall–Kier alpha value is -1.42. The molecule has 1 amide bonds. The Labute approximate surface area is 102 Å². The molecule has 0 radical (unpaired) electrons. The number of carbonyl (C=O) groups excluding carboxylic acids is 1. The fourth-order valence-corrected chi connectivity index (χ4v) is 2.18. The highest BCUT2D eigenvalue weighted by atomic mass is 16.2. The smallest absolute Gasteiger partial charge is 0.228 e. The average molecular weight is 233 g/mol. The van der Waals surface area contributed by atoms with Crippen molar-refractivity contribution in [1.29, 1.82) is 0 Å². The largest absolute Gasteiger partial charge is 0.347 e. The lowest BCUT2D eigenvalue weighted by molar-refractivity contribution is -0.135. The van der Waals surface area contributed by atoms with Gasteiger partial charge >= 0.3 is 0 Å². The zero-order valence-electron chi connectivity index (χ0n) is 10.1. The van der Waals surface area contributed by atoms with Gasteiger partial charge in [0, 0.05) is 12.7 Å². The maximum absolute atomic E-state index is 12.1. The van der Waals surface area contributed by atoms with E-state index in [9.17, 15) is 4.79 Å². The van der Waals surface area contributed by atoms with Crippen LogP contribution in [0.15, 0.2) is 24.4 Å². The summed E-state index contributed by atoms with van der Waals surface area (Å²) in [7, 11) is 0. The molecule has 1 saturated carbocycles. The van der Waals surface area contributed by atoms with Gasteiger partial charge in [-0.05, 0) is 31.9 Å². The van der Waals surface area contributed by atoms with Crippen LogP contribution in [-0.4, -0.2) is 17.4 Å². The van der Waals surface area contributed by atoms with Crippen molar-refractivity contribution in [3.8, 4) is 0 Å². The molecule has 0 aromatic carbocycles. The molecule has 4 nitrogen and oxygen atoms in total. The Morgan fingerprint density at radius 1 is 1.59 bits per heavy atom. The van der Waals surface area contributed by atoms with Crippen molar-refractivity contribution in [2.24, 2.45) is 11.1 Å². The monoisotopic (exact) mass is 233 g/mol. The molecule has 1 atom stereocenters. The molecule has 0 bridgehead atoms. The topological polar surface area (TPSA) is 68.0 Å². The van der Waals surface area contributed by atoms with Crippen molar-refractivity contribution in [3.05, 3.63) is 30.1 Å². The molecule has 0 aliphatic heterocycles. The third-order valence-electron chi connectivity index (χ3n) is 3.66. The second kappa shape index (κ2) is 4.84. The van der Waals surface area contributed by atoms with Gasteiger partial charge < -0.3 is 11.1 Å². The van der Waals surface area contributed by atoms with Gasteiger partial charge in [0.05, 0.1) is 17.2 Å². The minimum atomic E-state index is -0.316. The summed E-state index contributed by atoms with van der Waals surface area (Å²) in [5.74, 6) is 0.0735. The molecule has 1 aliphatic carbocycles. The summed E-state index contributed by atoms with van der Waals surface area (Å²) >= 11 is 0. The van der Waals surface area contributed by atoms with Crippen molar-refractivity contribution in [2.75, 3.05) is 6.54 Å². The molecule has 3 N–H and O–H groups in total. The molecule has 1 fully saturated rings. The first-order valence-electron chi connectivity index (χ1n) is 6.10. The number of amides is 1. The van der Waals surface area contributed by atoms with Crippen LogP contribution in [0.25, 0.3) is 0 Å². The SMILES string of the molecule is C[C@H](NC(=O)C1(CN)CCC1)c1ccccn1. The molecule has 92 valence electrons. The lowest BCUT2D eigenvalue weighted by Crippen LogP contribution is -2.50. The normalized spacial score (nSPS) is 19.2. The van der Waals surface area contributed by atoms with E-state index in [2.05, 4.69) is 10.3 Å². The van der Waals surface area contributed by atoms with Gasteiger partial charge in [-0.2, -0.15) is 0 Å². The van der Waals surface area contributed by atoms with E-state index in [1.165, 1.54) is 0 Å². The van der Waals surface area contributed by atoms with Gasteiger partial charge in [-0.1, -0.05) is 12.5 Å². The predicted molar refractivity (Wildman–Crippen MR) is 66.1 cm³/mol. The molecular formula is C13H19N3O. The van der Waals surface area contributed by atoms with Crippen LogP contribution >= 0.6 is 0 Å². The third-order valence-corrected chi connectivity index (χ3v) is 3.66. The van der Waals surface area contributed by atoms with Crippen molar-refractivity contribution >= 4 is 5.91 Å². The maximum Gasteiger partial charge on any atom is 0.228 e. The summed E-state index contributed by atoms with van der Waals surface area (Å²) in [5, 5.41) is 3.01. The highest BCUT2D eigenvalue weighted by Gasteiger charge is 2.43. The Kier molecular flexibility index (Phi) is 3.43. The van der Waals surface area contributed by atoms with Crippen molar-refractivity contribution in [3.63, 3.8) is 0 Å². The molecule has 4 heteroatoms. The lowest BCUT2D eigenvalue weighted by Gasteiger charge is -2.39. The Bertz CT molecular complexity index is 381. The Morgan fingerprint density at radius 2 is 2.35 bits per heavy atom. The third kappa shape index (κ3) is 2.31. The van der Waals surface area contributed by atoms with Crippen molar-refractivity contribution in [2.45, 2.75) is 32.2 Å². The molecule has 0 saturated heterocycles. The Balaban J connectivity index is 1.99. The van der Waals surface area contributed by atoms with Gasteiger partial charge in [0.2, 0.25) is 5.91 Å². The number of carbonyl (C=O) groups is 1. The average Bonchev–Trinajstić information content (AvgIpc) is 2.29. The molecular weight excluding hydrogens is 214 g/mol. The second-order valence-electron chi connectivity index (χ2n) is 4.79. The second-order valence-corrected chi connectivity index (χ2v) is 4.79. The summed E-state index contributed by atoms with van der Waals surface area (Å²) in [5.41, 5.74) is 6.27. The van der Waals surface area contributed by atoms with Crippen LogP contribution in [0.1, 0.15) is 37.9 Å². The lowest BCUT2D eigenvalue weighted by atomic mass is 9.68. The molecule has 0 unspecified atom stereocenters. The zero-order chi connectivity index (χ0) is 12.3. The molecule has 2 rings (SSSR count). The summed E-state index contributed by atoms with van der Waals surface area (Å²) in [6.07, 6.45) is 4.65. The number of rotatable bonds is 4. The number of pyridine rings is 1. The highest BCUT2D eigenvalue weighted by molar-refractivity contribution is 5.84. The quantitative estimate of drug-likeness (QED) is 0.825. The highest BCUT2D eigenvalue weighted by Crippen LogP contribution is 2.40. The minimum Gasteiger partial charge on any atom is -0.347 e. The van der Waals surface area contributed by atoms with E-state index >= 15 is 0 Å². The standard InChI is InChI=1S/C13H19N3O/c1-10(11-5-2-3-8-15-11)16-12(17)13(9-14)6-4-7-13/h2-3,5,8,10H,4,6-7,9,14H2,1H3,(H,16,17)/t10-/m0/s1. The van der Waals surface area contributed by atoms with E-state index < -0.39 is 0 Å². The van der Waals surface area contributed by atoms with Crippen molar-refractivity contribution in [1.82, 2.24) is 10.3 Å². The number of nitrogens with two attached hydrogens (primary N) is 1. The summed E-state index contributed by atoms with van der Waals surface area (Å²) in [4.78, 5) is 16.4. The van der Waals surface area contributed by atoms with Gasteiger partial charge in [0.15, 0.2) is 0 Å². The fourth-order valence-electron chi connectivity index (χ4n) is 2.18. The van der Waals surface area contributed by atoms with E-state index in [4.69, 9.17) is 5.73 Å². The molecule has 1 aromatic rings. The first-order valence-corrected chi connectivity index (χ1v) is 6.10. The van der Waals surface area contributed by atoms with Crippen LogP contribution in [0.4, 0.5) is 0 Å². The van der Waals surface area contributed by atoms with Gasteiger partial charge in [-0.15, -0.1) is 0 Å². The molecule has 17 heavy (non-hydrogen) atoms. The van der Waals surface area contributed by atoms with Gasteiger partial charge in [0.25, 0.3) is 0 Å². The maximum atomic E-state index is 12.1. The predicted octanol–water partition coefficient (Wildman–Crippen LogP) is 1.39. The minimum absolute atomic E-state index is 0.0623. The van der Waals surface area contributed by atoms with E-state index in [0.29, 0.717) is 6.54 Å². The Morgan fingerprint density at radius 3 is 2.82 bits per heavy atom. The molecule has 1 heterocycles. The molecule has 0 spiro atoms. The van der Waals surface area contributed by atoms with Gasteiger partial charge in [0.1, 0.15) is 0 Å². The number of nitrogens with one attached hydrogen (secondary N) is 1. The van der Waals surface area contributed by atoms with Crippen molar-refractivity contribution < 1.29 is 4.79 Å². The van der Waals surface area contributed by atoms with Crippen LogP contribution < -0.4 is 11.1 Å². The molecule has 1 aromatic heterocycles. The zero-order valence-corrected chi connectivity index (χ0v) is 10.1.